The number of carbonyl (C=O) groups excluding carboxylic acids is 1. The molecule has 1 aliphatic rings. The molecule has 0 bridgehead atoms. The molecule has 1 heterocycles. The number of aliphatic hydroxyl groups is 1. The molecule has 0 amide bonds. The van der Waals surface area contributed by atoms with Gasteiger partial charge in [-0.25, -0.2) is 0 Å². The van der Waals surface area contributed by atoms with Crippen molar-refractivity contribution in [1.29, 1.82) is 5.41 Å². The molecule has 0 saturated heterocycles. The summed E-state index contributed by atoms with van der Waals surface area (Å²) in [5, 5.41) is 19.7. The first kappa shape index (κ1) is 34.3. The second kappa shape index (κ2) is 17.2. The molecule has 4 nitrogen and oxygen atoms in total. The Bertz CT molecular complexity index is 1290. The van der Waals surface area contributed by atoms with Crippen LogP contribution in [0.25, 0.3) is 16.7 Å². The number of aromatic amines is 1. The highest BCUT2D eigenvalue weighted by Crippen LogP contribution is 2.40. The third-order valence-corrected chi connectivity index (χ3v) is 8.84. The Balaban J connectivity index is 1.80. The van der Waals surface area contributed by atoms with E-state index in [-0.39, 0.29) is 17.6 Å². The molecule has 1 aromatic carbocycles. The van der Waals surface area contributed by atoms with Gasteiger partial charge in [0.05, 0.1) is 5.60 Å². The van der Waals surface area contributed by atoms with Crippen molar-refractivity contribution in [2.24, 2.45) is 11.8 Å². The van der Waals surface area contributed by atoms with E-state index in [0.29, 0.717) is 6.42 Å². The molecule has 232 valence electrons. The molecular formula is C39H54N2O2. The number of aromatic nitrogens is 1. The van der Waals surface area contributed by atoms with E-state index in [2.05, 4.69) is 75.7 Å². The van der Waals surface area contributed by atoms with Crippen molar-refractivity contribution >= 4 is 17.6 Å². The van der Waals surface area contributed by atoms with Gasteiger partial charge in [0.15, 0.2) is 5.78 Å². The van der Waals surface area contributed by atoms with E-state index in [1.165, 1.54) is 17.4 Å². The van der Waals surface area contributed by atoms with Crippen molar-refractivity contribution in [2.75, 3.05) is 0 Å². The fourth-order valence-electron chi connectivity index (χ4n) is 6.01. The normalized spacial score (nSPS) is 16.3. The van der Waals surface area contributed by atoms with E-state index in [0.717, 1.165) is 98.6 Å². The number of hydrogen-bond donors (Lipinski definition) is 3. The topological polar surface area (TPSA) is 76.9 Å². The number of rotatable bonds is 20. The summed E-state index contributed by atoms with van der Waals surface area (Å²) in [6, 6.07) is 10.6. The van der Waals surface area contributed by atoms with Crippen LogP contribution in [0, 0.1) is 17.2 Å². The highest BCUT2D eigenvalue weighted by Gasteiger charge is 2.36. The molecule has 3 rings (SSSR count). The van der Waals surface area contributed by atoms with Crippen LogP contribution in [0.4, 0.5) is 0 Å². The van der Waals surface area contributed by atoms with Crippen LogP contribution in [-0.2, 0) is 10.4 Å². The Morgan fingerprint density at radius 1 is 1.09 bits per heavy atom. The fourth-order valence-corrected chi connectivity index (χ4v) is 6.01. The molecule has 1 aromatic heterocycles. The predicted molar refractivity (Wildman–Crippen MR) is 183 cm³/mol. The smallest absolute Gasteiger partial charge is 0.158 e. The van der Waals surface area contributed by atoms with Crippen molar-refractivity contribution in [1.82, 2.24) is 4.98 Å². The second-order valence-corrected chi connectivity index (χ2v) is 12.4. The van der Waals surface area contributed by atoms with Gasteiger partial charge < -0.3 is 15.5 Å². The van der Waals surface area contributed by atoms with Crippen LogP contribution in [0.15, 0.2) is 78.6 Å². The Morgan fingerprint density at radius 2 is 1.84 bits per heavy atom. The number of carbonyl (C=O) groups is 1. The van der Waals surface area contributed by atoms with Gasteiger partial charge in [0, 0.05) is 29.6 Å². The van der Waals surface area contributed by atoms with Crippen molar-refractivity contribution in [2.45, 2.75) is 110 Å². The van der Waals surface area contributed by atoms with Gasteiger partial charge in [0.2, 0.25) is 0 Å². The van der Waals surface area contributed by atoms with E-state index >= 15 is 0 Å². The first-order valence-corrected chi connectivity index (χ1v) is 16.5. The van der Waals surface area contributed by atoms with Crippen molar-refractivity contribution in [3.05, 3.63) is 89.8 Å². The van der Waals surface area contributed by atoms with Gasteiger partial charge >= 0.3 is 0 Å². The summed E-state index contributed by atoms with van der Waals surface area (Å²) in [5.74, 6) is 0.740. The molecule has 1 aliphatic carbocycles. The number of unbranched alkanes of at least 4 members (excludes halogenated alkanes) is 2. The lowest BCUT2D eigenvalue weighted by molar-refractivity contribution is -0.115. The Morgan fingerprint density at radius 3 is 2.44 bits per heavy atom. The SMILES string of the molecule is C=C(C)CCC(CCC)C(O)(CC)c1ccc(-c2c[nH]c(C(=C\C=N)/C(=C\CC/C=C/C(=O)C3CC3)CCCC)c2)cc1. The average molecular weight is 583 g/mol. The lowest BCUT2D eigenvalue weighted by Crippen LogP contribution is -2.34. The fraction of sp³-hybridized carbons (Fsp3) is 0.487. The van der Waals surface area contributed by atoms with Crippen LogP contribution in [0.2, 0.25) is 0 Å². The Kier molecular flexibility index (Phi) is 13.7. The summed E-state index contributed by atoms with van der Waals surface area (Å²) >= 11 is 0. The molecule has 0 radical (unpaired) electrons. The summed E-state index contributed by atoms with van der Waals surface area (Å²) in [6.45, 7) is 12.6. The van der Waals surface area contributed by atoms with Gasteiger partial charge in [-0.05, 0) is 118 Å². The number of hydrogen-bond acceptors (Lipinski definition) is 3. The summed E-state index contributed by atoms with van der Waals surface area (Å²) in [4.78, 5) is 15.4. The van der Waals surface area contributed by atoms with Crippen LogP contribution in [0.5, 0.6) is 0 Å². The Labute approximate surface area is 260 Å². The first-order chi connectivity index (χ1) is 20.8. The van der Waals surface area contributed by atoms with Crippen molar-refractivity contribution < 1.29 is 9.90 Å². The van der Waals surface area contributed by atoms with Crippen LogP contribution in [0.1, 0.15) is 116 Å². The van der Waals surface area contributed by atoms with E-state index in [1.807, 2.05) is 18.3 Å². The third kappa shape index (κ3) is 9.89. The van der Waals surface area contributed by atoms with Gasteiger partial charge in [-0.2, -0.15) is 0 Å². The van der Waals surface area contributed by atoms with E-state index < -0.39 is 5.60 Å². The molecule has 1 fully saturated rings. The average Bonchev–Trinajstić information content (AvgIpc) is 3.76. The third-order valence-electron chi connectivity index (χ3n) is 8.84. The van der Waals surface area contributed by atoms with Gasteiger partial charge in [-0.3, -0.25) is 4.79 Å². The van der Waals surface area contributed by atoms with Crippen molar-refractivity contribution in [3.63, 3.8) is 0 Å². The van der Waals surface area contributed by atoms with Crippen LogP contribution >= 0.6 is 0 Å². The monoisotopic (exact) mass is 582 g/mol. The van der Waals surface area contributed by atoms with Crippen LogP contribution in [-0.4, -0.2) is 22.1 Å². The first-order valence-electron chi connectivity index (χ1n) is 16.5. The molecule has 0 spiro atoms. The van der Waals surface area contributed by atoms with Gasteiger partial charge in [-0.1, -0.05) is 75.6 Å². The van der Waals surface area contributed by atoms with Crippen LogP contribution in [0.3, 0.4) is 0 Å². The second-order valence-electron chi connectivity index (χ2n) is 12.4. The lowest BCUT2D eigenvalue weighted by atomic mass is 9.74. The minimum absolute atomic E-state index is 0.195. The minimum Gasteiger partial charge on any atom is -0.385 e. The number of nitrogens with one attached hydrogen (secondary N) is 2. The lowest BCUT2D eigenvalue weighted by Gasteiger charge is -2.36. The van der Waals surface area contributed by atoms with Crippen molar-refractivity contribution in [3.8, 4) is 11.1 Å². The molecule has 4 heteroatoms. The Hall–Kier alpha value is -3.24. The molecule has 2 unspecified atom stereocenters. The summed E-state index contributed by atoms with van der Waals surface area (Å²) in [5.41, 5.74) is 6.75. The quantitative estimate of drug-likeness (QED) is 0.0477. The molecule has 2 atom stereocenters. The number of ketones is 1. The standard InChI is InChI=1S/C39H54N2O2/c1-6-9-14-31(15-11-10-12-16-38(42)32-18-19-32)36(25-26-40)37-27-33(28-41-37)30-20-23-35(24-21-30)39(43,8-3)34(13-7-2)22-17-29(4)5/h12,15-16,20-21,23-28,32,34,40-41,43H,4,6-11,13-14,17-19,22H2,1-3,5H3/b16-12+,31-15-,36-25-,40-26?. The zero-order valence-electron chi connectivity index (χ0n) is 27.1. The predicted octanol–water partition coefficient (Wildman–Crippen LogP) is 10.5. The minimum atomic E-state index is -0.855. The number of allylic oxidation sites excluding steroid dienone is 7. The highest BCUT2D eigenvalue weighted by atomic mass is 16.3. The maximum Gasteiger partial charge on any atom is 0.158 e. The molecular weight excluding hydrogens is 528 g/mol. The largest absolute Gasteiger partial charge is 0.385 e. The molecule has 0 aliphatic heterocycles. The van der Waals surface area contributed by atoms with Gasteiger partial charge in [0.1, 0.15) is 0 Å². The van der Waals surface area contributed by atoms with Gasteiger partial charge in [0.25, 0.3) is 0 Å². The zero-order chi connectivity index (χ0) is 31.2. The highest BCUT2D eigenvalue weighted by molar-refractivity contribution is 5.93. The van der Waals surface area contributed by atoms with E-state index in [9.17, 15) is 9.90 Å². The summed E-state index contributed by atoms with van der Waals surface area (Å²) in [7, 11) is 0. The molecule has 2 aromatic rings. The number of H-pyrrole nitrogens is 1. The van der Waals surface area contributed by atoms with E-state index in [1.54, 1.807) is 6.08 Å². The van der Waals surface area contributed by atoms with Crippen LogP contribution < -0.4 is 0 Å². The maximum absolute atomic E-state index is 12.0. The molecule has 43 heavy (non-hydrogen) atoms. The summed E-state index contributed by atoms with van der Waals surface area (Å²) < 4.78 is 0. The number of benzene rings is 1. The zero-order valence-corrected chi connectivity index (χ0v) is 27.1. The molecule has 3 N–H and O–H groups in total. The molecule has 1 saturated carbocycles. The van der Waals surface area contributed by atoms with Gasteiger partial charge in [-0.15, -0.1) is 6.58 Å². The maximum atomic E-state index is 12.0. The summed E-state index contributed by atoms with van der Waals surface area (Å²) in [6.07, 6.45) is 22.9. The van der Waals surface area contributed by atoms with E-state index in [4.69, 9.17) is 5.41 Å².